The van der Waals surface area contributed by atoms with Crippen LogP contribution in [0, 0.1) is 5.41 Å². The lowest BCUT2D eigenvalue weighted by Gasteiger charge is -2.42. The molecule has 0 unspecified atom stereocenters. The van der Waals surface area contributed by atoms with Gasteiger partial charge in [-0.1, -0.05) is 36.4 Å². The number of halogens is 9. The molecule has 286 valence electrons. The standard InChI is InChI=1S/C25H29N5O.3C2HF3O2/c1-28-23(10-13-27-28)22-18-29(16-21-9-5-12-26-15-21)19-25(22)11-6-14-30(24(25)31)17-20-7-3-2-4-8-20;3*3-2(4,5)1(6)7/h2-5,7-10,12-13,15,22H,6,11,14,16-19H2,1H3;3*(H,6,7)/t22-,25+;;;/m0.../s1. The van der Waals surface area contributed by atoms with E-state index in [4.69, 9.17) is 29.7 Å². The van der Waals surface area contributed by atoms with Gasteiger partial charge in [-0.15, -0.1) is 0 Å². The second kappa shape index (κ2) is 17.8. The summed E-state index contributed by atoms with van der Waals surface area (Å²) in [6.45, 7) is 3.97. The number of carbonyl (C=O) groups is 4. The number of hydrogen-bond donors (Lipinski definition) is 3. The van der Waals surface area contributed by atoms with E-state index in [2.05, 4.69) is 44.1 Å². The summed E-state index contributed by atoms with van der Waals surface area (Å²) in [5.74, 6) is -7.84. The molecule has 0 aliphatic carbocycles. The maximum Gasteiger partial charge on any atom is 0.490 e. The Balaban J connectivity index is 0.000000365. The van der Waals surface area contributed by atoms with Gasteiger partial charge >= 0.3 is 36.4 Å². The Kier molecular flexibility index (Phi) is 14.7. The van der Waals surface area contributed by atoms with Gasteiger partial charge in [-0.25, -0.2) is 14.4 Å². The number of rotatable bonds is 5. The SMILES string of the molecule is Cn1nccc1[C@@H]1CN(Cc2cccnc2)C[C@]12CCCN(Cc1ccccc1)C2=O.O=C(O)C(F)(F)F.O=C(O)C(F)(F)F.O=C(O)C(F)(F)F. The number of aryl methyl sites for hydroxylation is 1. The average molecular weight is 758 g/mol. The molecule has 2 saturated heterocycles. The number of hydrogen-bond acceptors (Lipinski definition) is 7. The Hall–Kier alpha value is -5.21. The van der Waals surface area contributed by atoms with Crippen molar-refractivity contribution in [2.45, 2.75) is 50.4 Å². The number of amides is 1. The van der Waals surface area contributed by atoms with E-state index in [-0.39, 0.29) is 5.92 Å². The summed E-state index contributed by atoms with van der Waals surface area (Å²) in [6, 6.07) is 16.5. The summed E-state index contributed by atoms with van der Waals surface area (Å²) in [5, 5.41) is 25.8. The predicted octanol–water partition coefficient (Wildman–Crippen LogP) is 5.12. The normalized spacial score (nSPS) is 19.0. The first kappa shape index (κ1) is 43.0. The molecule has 3 aromatic rings. The molecule has 12 nitrogen and oxygen atoms in total. The maximum atomic E-state index is 14.0. The van der Waals surface area contributed by atoms with Crippen molar-refractivity contribution in [3.63, 3.8) is 0 Å². The number of carbonyl (C=O) groups excluding carboxylic acids is 1. The van der Waals surface area contributed by atoms with Crippen molar-refractivity contribution in [1.29, 1.82) is 0 Å². The minimum Gasteiger partial charge on any atom is -0.475 e. The third-order valence-electron chi connectivity index (χ3n) is 7.67. The van der Waals surface area contributed by atoms with Gasteiger partial charge in [0.05, 0.1) is 5.41 Å². The Morgan fingerprint density at radius 2 is 1.31 bits per heavy atom. The molecule has 3 N–H and O–H groups in total. The fraction of sp³-hybridized carbons (Fsp3) is 0.419. The smallest absolute Gasteiger partial charge is 0.475 e. The van der Waals surface area contributed by atoms with E-state index in [0.717, 1.165) is 44.7 Å². The molecule has 2 aliphatic heterocycles. The number of nitrogens with zero attached hydrogens (tertiary/aromatic N) is 5. The van der Waals surface area contributed by atoms with E-state index in [1.807, 2.05) is 48.4 Å². The molecular weight excluding hydrogens is 725 g/mol. The van der Waals surface area contributed by atoms with Crippen LogP contribution in [0.4, 0.5) is 39.5 Å². The van der Waals surface area contributed by atoms with Crippen molar-refractivity contribution in [2.24, 2.45) is 12.5 Å². The van der Waals surface area contributed by atoms with Crippen LogP contribution in [-0.2, 0) is 39.3 Å². The molecule has 2 atom stereocenters. The number of benzene rings is 1. The van der Waals surface area contributed by atoms with Gasteiger partial charge in [-0.2, -0.15) is 44.6 Å². The van der Waals surface area contributed by atoms with Gasteiger partial charge in [0.1, 0.15) is 0 Å². The molecule has 5 rings (SSSR count). The van der Waals surface area contributed by atoms with Crippen molar-refractivity contribution >= 4 is 23.8 Å². The van der Waals surface area contributed by atoms with E-state index in [0.29, 0.717) is 12.5 Å². The Morgan fingerprint density at radius 1 is 0.788 bits per heavy atom. The Labute approximate surface area is 289 Å². The van der Waals surface area contributed by atoms with Crippen LogP contribution in [0.15, 0.2) is 67.1 Å². The molecule has 1 aromatic carbocycles. The van der Waals surface area contributed by atoms with Crippen LogP contribution in [0.25, 0.3) is 0 Å². The zero-order valence-corrected chi connectivity index (χ0v) is 27.0. The molecule has 4 heterocycles. The number of aliphatic carboxylic acids is 3. The summed E-state index contributed by atoms with van der Waals surface area (Å²) in [7, 11) is 1.99. The minimum absolute atomic E-state index is 0.141. The van der Waals surface area contributed by atoms with Crippen molar-refractivity contribution in [2.75, 3.05) is 19.6 Å². The largest absolute Gasteiger partial charge is 0.490 e. The maximum absolute atomic E-state index is 14.0. The molecule has 1 spiro atoms. The van der Waals surface area contributed by atoms with Crippen molar-refractivity contribution in [3.05, 3.63) is 83.9 Å². The summed E-state index contributed by atoms with van der Waals surface area (Å²) < 4.78 is 97.2. The Morgan fingerprint density at radius 3 is 1.75 bits per heavy atom. The fourth-order valence-electron chi connectivity index (χ4n) is 5.51. The molecule has 2 aromatic heterocycles. The number of carboxylic acid groups (broad SMARTS) is 3. The number of aromatic nitrogens is 3. The van der Waals surface area contributed by atoms with Crippen LogP contribution in [0.2, 0.25) is 0 Å². The van der Waals surface area contributed by atoms with Gasteiger partial charge in [0.15, 0.2) is 0 Å². The molecule has 0 bridgehead atoms. The number of likely N-dealkylation sites (tertiary alicyclic amines) is 2. The van der Waals surface area contributed by atoms with Crippen LogP contribution < -0.4 is 0 Å². The number of alkyl halides is 9. The third kappa shape index (κ3) is 12.5. The molecule has 0 saturated carbocycles. The molecule has 21 heteroatoms. The molecule has 52 heavy (non-hydrogen) atoms. The lowest BCUT2D eigenvalue weighted by Crippen LogP contribution is -2.52. The van der Waals surface area contributed by atoms with Gasteiger partial charge < -0.3 is 20.2 Å². The molecule has 2 fully saturated rings. The van der Waals surface area contributed by atoms with E-state index >= 15 is 0 Å². The minimum atomic E-state index is -5.08. The highest BCUT2D eigenvalue weighted by atomic mass is 19.4. The monoisotopic (exact) mass is 757 g/mol. The van der Waals surface area contributed by atoms with Crippen LogP contribution >= 0.6 is 0 Å². The molecule has 0 radical (unpaired) electrons. The summed E-state index contributed by atoms with van der Waals surface area (Å²) in [6.07, 6.45) is -7.71. The van der Waals surface area contributed by atoms with Crippen molar-refractivity contribution < 1.29 is 74.0 Å². The van der Waals surface area contributed by atoms with E-state index in [9.17, 15) is 44.3 Å². The zero-order chi connectivity index (χ0) is 39.5. The molecular formula is C31H32F9N5O7. The van der Waals surface area contributed by atoms with Crippen LogP contribution in [0.5, 0.6) is 0 Å². The highest BCUT2D eigenvalue weighted by Gasteiger charge is 2.55. The zero-order valence-electron chi connectivity index (χ0n) is 27.0. The van der Waals surface area contributed by atoms with Gasteiger partial charge in [-0.3, -0.25) is 19.4 Å². The van der Waals surface area contributed by atoms with Crippen molar-refractivity contribution in [3.8, 4) is 0 Å². The highest BCUT2D eigenvalue weighted by molar-refractivity contribution is 5.85. The lowest BCUT2D eigenvalue weighted by molar-refractivity contribution is -0.193. The van der Waals surface area contributed by atoms with Crippen LogP contribution in [0.3, 0.4) is 0 Å². The predicted molar refractivity (Wildman–Crippen MR) is 160 cm³/mol. The van der Waals surface area contributed by atoms with Gasteiger partial charge in [0, 0.05) is 70.0 Å². The number of carboxylic acids is 3. The van der Waals surface area contributed by atoms with Gasteiger partial charge in [-0.05, 0) is 36.1 Å². The Bertz CT molecular complexity index is 1580. The van der Waals surface area contributed by atoms with E-state index in [1.165, 1.54) is 11.1 Å². The van der Waals surface area contributed by atoms with Gasteiger partial charge in [0.25, 0.3) is 0 Å². The first-order valence-corrected chi connectivity index (χ1v) is 14.8. The topological polar surface area (TPSA) is 166 Å². The lowest BCUT2D eigenvalue weighted by atomic mass is 9.70. The summed E-state index contributed by atoms with van der Waals surface area (Å²) >= 11 is 0. The van der Waals surface area contributed by atoms with E-state index in [1.54, 1.807) is 6.20 Å². The molecule has 1 amide bonds. The fourth-order valence-corrected chi connectivity index (χ4v) is 5.51. The first-order chi connectivity index (χ1) is 24.0. The van der Waals surface area contributed by atoms with Crippen molar-refractivity contribution in [1.82, 2.24) is 24.6 Å². The number of piperidine rings is 1. The third-order valence-corrected chi connectivity index (χ3v) is 7.67. The first-order valence-electron chi connectivity index (χ1n) is 14.8. The molecule has 2 aliphatic rings. The van der Waals surface area contributed by atoms with Crippen LogP contribution in [-0.4, -0.2) is 102 Å². The number of pyridine rings is 1. The second-order valence-electron chi connectivity index (χ2n) is 11.3. The summed E-state index contributed by atoms with van der Waals surface area (Å²) in [5.41, 5.74) is 3.13. The summed E-state index contributed by atoms with van der Waals surface area (Å²) in [4.78, 5) is 49.5. The average Bonchev–Trinajstić information content (AvgIpc) is 3.63. The van der Waals surface area contributed by atoms with Gasteiger partial charge in [0.2, 0.25) is 5.91 Å². The second-order valence-corrected chi connectivity index (χ2v) is 11.3. The van der Waals surface area contributed by atoms with Crippen LogP contribution in [0.1, 0.15) is 35.6 Å². The quantitative estimate of drug-likeness (QED) is 0.298. The highest BCUT2D eigenvalue weighted by Crippen LogP contribution is 2.49. The van der Waals surface area contributed by atoms with E-state index < -0.39 is 41.9 Å².